The van der Waals surface area contributed by atoms with Crippen molar-refractivity contribution < 1.29 is 24.2 Å². The number of carbonyl (C=O) groups is 3. The van der Waals surface area contributed by atoms with Crippen LogP contribution in [0.25, 0.3) is 11.1 Å². The zero-order valence-corrected chi connectivity index (χ0v) is 20.4. The molecule has 3 N–H and O–H groups in total. The molecule has 0 saturated heterocycles. The molecule has 0 radical (unpaired) electrons. The van der Waals surface area contributed by atoms with Crippen LogP contribution in [0.1, 0.15) is 69.4 Å². The highest BCUT2D eigenvalue weighted by Crippen LogP contribution is 2.44. The number of carboxylic acid groups (broad SMARTS) is 1. The molecule has 7 heteroatoms. The van der Waals surface area contributed by atoms with E-state index in [0.29, 0.717) is 25.7 Å². The Morgan fingerprint density at radius 3 is 2.03 bits per heavy atom. The molecular formula is C28H34N2O5. The van der Waals surface area contributed by atoms with Crippen LogP contribution in [-0.2, 0) is 14.3 Å². The Hall–Kier alpha value is -3.35. The number of benzene rings is 2. The van der Waals surface area contributed by atoms with E-state index in [1.165, 1.54) is 0 Å². The van der Waals surface area contributed by atoms with Gasteiger partial charge in [0.25, 0.3) is 0 Å². The Morgan fingerprint density at radius 1 is 0.971 bits per heavy atom. The van der Waals surface area contributed by atoms with Crippen molar-refractivity contribution in [1.29, 1.82) is 0 Å². The van der Waals surface area contributed by atoms with E-state index >= 15 is 0 Å². The van der Waals surface area contributed by atoms with Crippen molar-refractivity contribution in [2.75, 3.05) is 13.2 Å². The fourth-order valence-corrected chi connectivity index (χ4v) is 5.51. The van der Waals surface area contributed by atoms with E-state index in [1.807, 2.05) is 38.1 Å². The maximum absolute atomic E-state index is 13.2. The summed E-state index contributed by atoms with van der Waals surface area (Å²) in [6.45, 7) is 3.82. The summed E-state index contributed by atoms with van der Waals surface area (Å²) in [6, 6.07) is 16.3. The molecule has 0 unspecified atom stereocenters. The van der Waals surface area contributed by atoms with Crippen molar-refractivity contribution in [2.24, 2.45) is 5.41 Å². The molecule has 35 heavy (non-hydrogen) atoms. The lowest BCUT2D eigenvalue weighted by atomic mass is 9.82. The number of rotatable bonds is 9. The van der Waals surface area contributed by atoms with E-state index in [1.54, 1.807) is 0 Å². The topological polar surface area (TPSA) is 105 Å². The molecular weight excluding hydrogens is 444 g/mol. The zero-order chi connectivity index (χ0) is 25.1. The van der Waals surface area contributed by atoms with Crippen molar-refractivity contribution in [2.45, 2.75) is 63.8 Å². The van der Waals surface area contributed by atoms with Gasteiger partial charge in [0.05, 0.1) is 5.41 Å². The summed E-state index contributed by atoms with van der Waals surface area (Å²) in [5, 5.41) is 15.4. The third kappa shape index (κ3) is 4.64. The minimum atomic E-state index is -1.08. The summed E-state index contributed by atoms with van der Waals surface area (Å²) < 4.78 is 5.68. The number of nitrogens with one attached hydrogen (secondary N) is 2. The van der Waals surface area contributed by atoms with E-state index in [4.69, 9.17) is 4.74 Å². The van der Waals surface area contributed by atoms with Crippen molar-refractivity contribution in [1.82, 2.24) is 10.6 Å². The second-order valence-electron chi connectivity index (χ2n) is 9.72. The molecule has 2 aromatic carbocycles. The Balaban J connectivity index is 1.43. The van der Waals surface area contributed by atoms with Crippen LogP contribution in [-0.4, -0.2) is 41.8 Å². The molecule has 0 bridgehead atoms. The van der Waals surface area contributed by atoms with Crippen LogP contribution in [0.2, 0.25) is 0 Å². The average molecular weight is 479 g/mol. The highest BCUT2D eigenvalue weighted by molar-refractivity contribution is 5.91. The van der Waals surface area contributed by atoms with Gasteiger partial charge >= 0.3 is 12.1 Å². The van der Waals surface area contributed by atoms with Gasteiger partial charge in [-0.3, -0.25) is 9.59 Å². The van der Waals surface area contributed by atoms with Crippen LogP contribution in [0.4, 0.5) is 4.79 Å². The minimum absolute atomic E-state index is 0.0300. The number of aliphatic carboxylic acids is 1. The molecule has 2 aliphatic carbocycles. The summed E-state index contributed by atoms with van der Waals surface area (Å²) in [5.74, 6) is -1.32. The third-order valence-corrected chi connectivity index (χ3v) is 7.97. The predicted octanol–water partition coefficient (Wildman–Crippen LogP) is 4.85. The first kappa shape index (κ1) is 24.8. The summed E-state index contributed by atoms with van der Waals surface area (Å²) in [7, 11) is 0. The molecule has 0 spiro atoms. The van der Waals surface area contributed by atoms with Crippen LogP contribution in [0.3, 0.4) is 0 Å². The first-order chi connectivity index (χ1) is 16.9. The predicted molar refractivity (Wildman–Crippen MR) is 133 cm³/mol. The number of hydrogen-bond donors (Lipinski definition) is 3. The first-order valence-corrected chi connectivity index (χ1v) is 12.5. The van der Waals surface area contributed by atoms with Gasteiger partial charge < -0.3 is 20.5 Å². The lowest BCUT2D eigenvalue weighted by molar-refractivity contribution is -0.149. The van der Waals surface area contributed by atoms with Gasteiger partial charge in [-0.1, -0.05) is 75.2 Å². The summed E-state index contributed by atoms with van der Waals surface area (Å²) >= 11 is 0. The highest BCUT2D eigenvalue weighted by atomic mass is 16.5. The summed E-state index contributed by atoms with van der Waals surface area (Å²) in [5.41, 5.74) is 2.46. The fraction of sp³-hybridized carbons (Fsp3) is 0.464. The first-order valence-electron chi connectivity index (χ1n) is 12.5. The maximum atomic E-state index is 13.2. The quantitative estimate of drug-likeness (QED) is 0.478. The summed E-state index contributed by atoms with van der Waals surface area (Å²) in [4.78, 5) is 37.9. The normalized spacial score (nSPS) is 16.3. The molecule has 2 amide bonds. The van der Waals surface area contributed by atoms with Gasteiger partial charge in [-0.2, -0.15) is 0 Å². The lowest BCUT2D eigenvalue weighted by Crippen LogP contribution is -2.59. The Kier molecular flexibility index (Phi) is 7.15. The smallest absolute Gasteiger partial charge is 0.408 e. The van der Waals surface area contributed by atoms with Gasteiger partial charge in [0, 0.05) is 12.5 Å². The second-order valence-corrected chi connectivity index (χ2v) is 9.72. The molecule has 186 valence electrons. The van der Waals surface area contributed by atoms with Crippen molar-refractivity contribution in [3.05, 3.63) is 59.7 Å². The third-order valence-electron chi connectivity index (χ3n) is 7.97. The van der Waals surface area contributed by atoms with E-state index in [0.717, 1.165) is 35.1 Å². The van der Waals surface area contributed by atoms with Gasteiger partial charge in [-0.05, 0) is 47.9 Å². The molecule has 1 fully saturated rings. The summed E-state index contributed by atoms with van der Waals surface area (Å²) in [6.07, 6.45) is 2.81. The average Bonchev–Trinajstić information content (AvgIpc) is 3.47. The SMILES string of the molecule is CCC(CC)(CNC(=O)C1(NC(=O)OCC2c3ccccc3-c3ccccc32)CCCC1)C(=O)O. The maximum Gasteiger partial charge on any atom is 0.408 e. The minimum Gasteiger partial charge on any atom is -0.481 e. The van der Waals surface area contributed by atoms with Crippen LogP contribution in [0.5, 0.6) is 0 Å². The highest BCUT2D eigenvalue weighted by Gasteiger charge is 2.45. The van der Waals surface area contributed by atoms with Crippen molar-refractivity contribution >= 4 is 18.0 Å². The van der Waals surface area contributed by atoms with Crippen LogP contribution in [0, 0.1) is 5.41 Å². The molecule has 0 aromatic heterocycles. The number of hydrogen-bond acceptors (Lipinski definition) is 4. The van der Waals surface area contributed by atoms with E-state index in [2.05, 4.69) is 34.9 Å². The fourth-order valence-electron chi connectivity index (χ4n) is 5.51. The molecule has 0 atom stereocenters. The largest absolute Gasteiger partial charge is 0.481 e. The molecule has 2 aromatic rings. The molecule has 0 aliphatic heterocycles. The number of carbonyl (C=O) groups excluding carboxylic acids is 2. The second kappa shape index (κ2) is 10.1. The van der Waals surface area contributed by atoms with E-state index in [-0.39, 0.29) is 25.0 Å². The molecule has 4 rings (SSSR count). The molecule has 7 nitrogen and oxygen atoms in total. The van der Waals surface area contributed by atoms with Gasteiger partial charge in [0.15, 0.2) is 0 Å². The van der Waals surface area contributed by atoms with Crippen molar-refractivity contribution in [3.63, 3.8) is 0 Å². The lowest BCUT2D eigenvalue weighted by Gasteiger charge is -2.32. The van der Waals surface area contributed by atoms with Crippen LogP contribution in [0.15, 0.2) is 48.5 Å². The van der Waals surface area contributed by atoms with Gasteiger partial charge in [0.1, 0.15) is 12.1 Å². The molecule has 1 saturated carbocycles. The van der Waals surface area contributed by atoms with Crippen LogP contribution >= 0.6 is 0 Å². The van der Waals surface area contributed by atoms with E-state index in [9.17, 15) is 19.5 Å². The zero-order valence-electron chi connectivity index (χ0n) is 20.4. The number of ether oxygens (including phenoxy) is 1. The molecule has 0 heterocycles. The Bertz CT molecular complexity index is 1060. The van der Waals surface area contributed by atoms with E-state index < -0.39 is 23.0 Å². The number of alkyl carbamates (subject to hydrolysis) is 1. The Morgan fingerprint density at radius 2 is 1.51 bits per heavy atom. The number of fused-ring (bicyclic) bond motifs is 3. The van der Waals surface area contributed by atoms with Gasteiger partial charge in [-0.15, -0.1) is 0 Å². The molecule has 2 aliphatic rings. The van der Waals surface area contributed by atoms with Crippen LogP contribution < -0.4 is 10.6 Å². The standard InChI is InChI=1S/C28H34N2O5/c1-3-27(4-2,25(32)33)18-29-24(31)28(15-9-10-16-28)30-26(34)35-17-23-21-13-7-5-11-19(21)20-12-6-8-14-22(20)23/h5-8,11-14,23H,3-4,9-10,15-18H2,1-2H3,(H,29,31)(H,30,34)(H,32,33). The van der Waals surface area contributed by atoms with Gasteiger partial charge in [0.2, 0.25) is 5.91 Å². The number of carboxylic acids is 1. The van der Waals surface area contributed by atoms with Crippen molar-refractivity contribution in [3.8, 4) is 11.1 Å². The number of amides is 2. The van der Waals surface area contributed by atoms with Gasteiger partial charge in [-0.25, -0.2) is 4.79 Å². The Labute approximate surface area is 206 Å². The monoisotopic (exact) mass is 478 g/mol.